The number of imidazole rings is 1. The summed E-state index contributed by atoms with van der Waals surface area (Å²) in [6.45, 7) is 3.54. The largest absolute Gasteiger partial charge is 0.484 e. The molecule has 3 N–H and O–H groups in total. The maximum atomic E-state index is 12.2. The molecular weight excluding hydrogens is 534 g/mol. The molecule has 5 aromatic rings. The minimum absolute atomic E-state index is 0.332. The Kier molecular flexibility index (Phi) is 7.78. The number of halogens is 1. The highest BCUT2D eigenvalue weighted by molar-refractivity contribution is 7.16. The Hall–Kier alpha value is -3.99. The fourth-order valence-electron chi connectivity index (χ4n) is 4.13. The highest BCUT2D eigenvalue weighted by Gasteiger charge is 2.21. The molecule has 0 radical (unpaired) electrons. The van der Waals surface area contributed by atoms with Crippen molar-refractivity contribution in [3.05, 3.63) is 82.7 Å². The van der Waals surface area contributed by atoms with Crippen LogP contribution in [0, 0.1) is 0 Å². The minimum atomic E-state index is -0.557. The van der Waals surface area contributed by atoms with Crippen LogP contribution < -0.4 is 15.8 Å². The van der Waals surface area contributed by atoms with E-state index in [9.17, 15) is 4.79 Å². The van der Waals surface area contributed by atoms with Crippen molar-refractivity contribution in [3.63, 3.8) is 0 Å². The molecule has 0 spiro atoms. The number of thiophene rings is 1. The van der Waals surface area contributed by atoms with Crippen LogP contribution in [0.4, 0.5) is 5.95 Å². The number of rotatable bonds is 10. The fourth-order valence-corrected chi connectivity index (χ4v) is 5.34. The number of fused-ring (bicyclic) bond motifs is 1. The lowest BCUT2D eigenvalue weighted by Crippen LogP contribution is -2.21. The number of nitrogens with zero attached hydrogens (tertiary/aromatic N) is 5. The number of ether oxygens (including phenoxy) is 1. The standard InChI is InChI=1S/C28H28ClN7O2S/c1-17(20-6-4-5-7-21(20)29)38-24-13-25(39-26(24)27(30)37)36-16-34-22-12-18(8-9-23(22)36)19-14-32-28(33-15-19)31-10-11-35(2)3/h4-9,12-17H,10-11H2,1-3H3,(H2,30,37)(H,31,32,33)/t17-/m1/s1. The zero-order valence-corrected chi connectivity index (χ0v) is 23.3. The maximum absolute atomic E-state index is 12.2. The van der Waals surface area contributed by atoms with Crippen molar-refractivity contribution in [1.29, 1.82) is 0 Å². The van der Waals surface area contributed by atoms with E-state index >= 15 is 0 Å². The van der Waals surface area contributed by atoms with Gasteiger partial charge in [-0.25, -0.2) is 15.0 Å². The summed E-state index contributed by atoms with van der Waals surface area (Å²) in [5, 5.41) is 4.57. The van der Waals surface area contributed by atoms with Crippen molar-refractivity contribution in [3.8, 4) is 21.9 Å². The normalized spacial score (nSPS) is 12.1. The molecule has 0 aliphatic carbocycles. The van der Waals surface area contributed by atoms with Gasteiger partial charge in [-0.1, -0.05) is 35.9 Å². The average Bonchev–Trinajstić information content (AvgIpc) is 3.53. The van der Waals surface area contributed by atoms with E-state index < -0.39 is 5.91 Å². The molecule has 0 aliphatic rings. The molecule has 1 amide bonds. The molecule has 2 aromatic carbocycles. The zero-order valence-electron chi connectivity index (χ0n) is 21.8. The summed E-state index contributed by atoms with van der Waals surface area (Å²) in [5.74, 6) is 0.444. The minimum Gasteiger partial charge on any atom is -0.484 e. The summed E-state index contributed by atoms with van der Waals surface area (Å²) in [6.07, 6.45) is 4.94. The van der Waals surface area contributed by atoms with Crippen LogP contribution in [0.1, 0.15) is 28.3 Å². The summed E-state index contributed by atoms with van der Waals surface area (Å²) in [4.78, 5) is 28.1. The van der Waals surface area contributed by atoms with Gasteiger partial charge in [0, 0.05) is 47.7 Å². The first-order valence-corrected chi connectivity index (χ1v) is 13.5. The number of anilines is 1. The molecule has 3 aromatic heterocycles. The van der Waals surface area contributed by atoms with Crippen LogP contribution in [0.5, 0.6) is 5.75 Å². The van der Waals surface area contributed by atoms with E-state index in [0.717, 1.165) is 45.8 Å². The lowest BCUT2D eigenvalue weighted by Gasteiger charge is -2.16. The van der Waals surface area contributed by atoms with Gasteiger partial charge in [0.15, 0.2) is 0 Å². The monoisotopic (exact) mass is 561 g/mol. The number of likely N-dealkylation sites (N-methyl/N-ethyl adjacent to an activating group) is 1. The van der Waals surface area contributed by atoms with Crippen molar-refractivity contribution in [2.75, 3.05) is 32.5 Å². The molecule has 39 heavy (non-hydrogen) atoms. The fraction of sp³-hybridized carbons (Fsp3) is 0.214. The number of amides is 1. The molecule has 5 rings (SSSR count). The van der Waals surface area contributed by atoms with Gasteiger partial charge < -0.3 is 20.7 Å². The second kappa shape index (κ2) is 11.4. The first kappa shape index (κ1) is 26.6. The number of nitrogens with two attached hydrogens (primary N) is 1. The van der Waals surface area contributed by atoms with Crippen LogP contribution in [-0.4, -0.2) is 57.5 Å². The topological polar surface area (TPSA) is 111 Å². The Labute approximate surface area is 235 Å². The van der Waals surface area contributed by atoms with Gasteiger partial charge in [-0.15, -0.1) is 11.3 Å². The molecular formula is C28H28ClN7O2S. The molecule has 1 atom stereocenters. The Bertz CT molecular complexity index is 1610. The van der Waals surface area contributed by atoms with Gasteiger partial charge in [-0.2, -0.15) is 0 Å². The number of nitrogens with one attached hydrogen (secondary N) is 1. The van der Waals surface area contributed by atoms with Gasteiger partial charge in [-0.05, 0) is 44.8 Å². The first-order valence-electron chi connectivity index (χ1n) is 12.3. The summed E-state index contributed by atoms with van der Waals surface area (Å²) in [7, 11) is 4.04. The molecule has 11 heteroatoms. The third kappa shape index (κ3) is 5.88. The molecule has 3 heterocycles. The van der Waals surface area contributed by atoms with Crippen LogP contribution in [0.2, 0.25) is 5.02 Å². The predicted octanol–water partition coefficient (Wildman–Crippen LogP) is 5.41. The van der Waals surface area contributed by atoms with Crippen molar-refractivity contribution < 1.29 is 9.53 Å². The molecule has 200 valence electrons. The highest BCUT2D eigenvalue weighted by atomic mass is 35.5. The number of aromatic nitrogens is 4. The molecule has 0 unspecified atom stereocenters. The summed E-state index contributed by atoms with van der Waals surface area (Å²) in [5.41, 5.74) is 10.0. The van der Waals surface area contributed by atoms with E-state index in [1.807, 2.05) is 68.1 Å². The van der Waals surface area contributed by atoms with E-state index in [1.54, 1.807) is 24.8 Å². The maximum Gasteiger partial charge on any atom is 0.262 e. The quantitative estimate of drug-likeness (QED) is 0.234. The Balaban J connectivity index is 1.39. The van der Waals surface area contributed by atoms with Gasteiger partial charge in [0.2, 0.25) is 5.95 Å². The van der Waals surface area contributed by atoms with Crippen LogP contribution in [0.3, 0.4) is 0 Å². The Morgan fingerprint density at radius 1 is 1.13 bits per heavy atom. The van der Waals surface area contributed by atoms with Gasteiger partial charge >= 0.3 is 0 Å². The van der Waals surface area contributed by atoms with Crippen LogP contribution in [0.15, 0.2) is 67.3 Å². The third-order valence-corrected chi connectivity index (χ3v) is 7.64. The molecule has 0 bridgehead atoms. The number of carbonyl (C=O) groups excluding carboxylic acids is 1. The zero-order chi connectivity index (χ0) is 27.5. The van der Waals surface area contributed by atoms with Crippen LogP contribution in [-0.2, 0) is 0 Å². The molecule has 0 fully saturated rings. The Morgan fingerprint density at radius 3 is 2.62 bits per heavy atom. The van der Waals surface area contributed by atoms with E-state index in [-0.39, 0.29) is 6.10 Å². The second-order valence-corrected chi connectivity index (χ2v) is 10.7. The molecule has 9 nitrogen and oxygen atoms in total. The van der Waals surface area contributed by atoms with Crippen molar-refractivity contribution >= 4 is 45.8 Å². The Morgan fingerprint density at radius 2 is 1.90 bits per heavy atom. The lowest BCUT2D eigenvalue weighted by atomic mass is 10.1. The van der Waals surface area contributed by atoms with Crippen molar-refractivity contribution in [1.82, 2.24) is 24.4 Å². The van der Waals surface area contributed by atoms with Gasteiger partial charge in [0.05, 0.1) is 11.0 Å². The number of benzene rings is 2. The van der Waals surface area contributed by atoms with Gasteiger partial charge in [-0.3, -0.25) is 9.36 Å². The molecule has 0 saturated carbocycles. The third-order valence-electron chi connectivity index (χ3n) is 6.17. The van der Waals surface area contributed by atoms with Crippen molar-refractivity contribution in [2.24, 2.45) is 5.73 Å². The van der Waals surface area contributed by atoms with Crippen LogP contribution >= 0.6 is 22.9 Å². The number of hydrogen-bond acceptors (Lipinski definition) is 8. The van der Waals surface area contributed by atoms with E-state index in [0.29, 0.717) is 21.6 Å². The number of hydrogen-bond donors (Lipinski definition) is 2. The molecule has 0 aliphatic heterocycles. The second-order valence-electron chi connectivity index (χ2n) is 9.27. The van der Waals surface area contributed by atoms with E-state index in [2.05, 4.69) is 25.2 Å². The summed E-state index contributed by atoms with van der Waals surface area (Å²) in [6, 6.07) is 15.2. The smallest absolute Gasteiger partial charge is 0.262 e. The summed E-state index contributed by atoms with van der Waals surface area (Å²) < 4.78 is 8.07. The van der Waals surface area contributed by atoms with E-state index in [4.69, 9.17) is 22.1 Å². The van der Waals surface area contributed by atoms with Gasteiger partial charge in [0.1, 0.15) is 28.1 Å². The SMILES string of the molecule is C[C@@H](Oc1cc(-n2cnc3cc(-c4cnc(NCCN(C)C)nc4)ccc32)sc1C(N)=O)c1ccccc1Cl. The number of carbonyl (C=O) groups is 1. The van der Waals surface area contributed by atoms with E-state index in [1.165, 1.54) is 11.3 Å². The lowest BCUT2D eigenvalue weighted by molar-refractivity contribution is 0.0998. The predicted molar refractivity (Wildman–Crippen MR) is 156 cm³/mol. The first-order chi connectivity index (χ1) is 18.8. The van der Waals surface area contributed by atoms with Crippen molar-refractivity contribution in [2.45, 2.75) is 13.0 Å². The summed E-state index contributed by atoms with van der Waals surface area (Å²) >= 11 is 7.59. The molecule has 0 saturated heterocycles. The average molecular weight is 562 g/mol. The van der Waals surface area contributed by atoms with Crippen LogP contribution in [0.25, 0.3) is 27.2 Å². The van der Waals surface area contributed by atoms with Gasteiger partial charge in [0.25, 0.3) is 5.91 Å². The number of primary amides is 1. The highest BCUT2D eigenvalue weighted by Crippen LogP contribution is 2.37.